The van der Waals surface area contributed by atoms with Gasteiger partial charge in [-0.3, -0.25) is 9.59 Å². The molecule has 0 radical (unpaired) electrons. The second-order valence-corrected chi connectivity index (χ2v) is 5.05. The third-order valence-electron chi connectivity index (χ3n) is 3.03. The van der Waals surface area contributed by atoms with E-state index in [9.17, 15) is 27.9 Å². The Morgan fingerprint density at radius 1 is 1.26 bits per heavy atom. The van der Waals surface area contributed by atoms with E-state index < -0.39 is 30.5 Å². The molecule has 1 aromatic rings. The van der Waals surface area contributed by atoms with Crippen molar-refractivity contribution in [3.05, 3.63) is 29.8 Å². The first-order chi connectivity index (χ1) is 10.7. The Bertz CT molecular complexity index is 547. The maximum Gasteiger partial charge on any atom is 0.393 e. The zero-order valence-corrected chi connectivity index (χ0v) is 12.6. The van der Waals surface area contributed by atoms with Crippen LogP contribution in [0, 0.1) is 0 Å². The topological polar surface area (TPSA) is 78.4 Å². The first kappa shape index (κ1) is 19.0. The Balaban J connectivity index is 2.53. The van der Waals surface area contributed by atoms with Gasteiger partial charge in [0.1, 0.15) is 0 Å². The van der Waals surface area contributed by atoms with E-state index >= 15 is 0 Å². The number of aliphatic hydroxyl groups is 1. The molecule has 0 aliphatic heterocycles. The van der Waals surface area contributed by atoms with Crippen LogP contribution in [0.3, 0.4) is 0 Å². The predicted molar refractivity (Wildman–Crippen MR) is 78.8 cm³/mol. The number of nitrogens with one attached hydrogen (secondary N) is 2. The van der Waals surface area contributed by atoms with Crippen molar-refractivity contribution < 1.29 is 27.9 Å². The van der Waals surface area contributed by atoms with Gasteiger partial charge in [0.25, 0.3) is 0 Å². The van der Waals surface area contributed by atoms with E-state index in [0.29, 0.717) is 12.8 Å². The highest BCUT2D eigenvalue weighted by atomic mass is 19.4. The van der Waals surface area contributed by atoms with Crippen molar-refractivity contribution in [1.29, 1.82) is 0 Å². The maximum absolute atomic E-state index is 12.3. The highest BCUT2D eigenvalue weighted by molar-refractivity contribution is 6.39. The third kappa shape index (κ3) is 7.64. The molecule has 0 bridgehead atoms. The largest absolute Gasteiger partial charge is 0.393 e. The average molecular weight is 332 g/mol. The van der Waals surface area contributed by atoms with Crippen LogP contribution in [0.5, 0.6) is 0 Å². The van der Waals surface area contributed by atoms with Gasteiger partial charge in [-0.25, -0.2) is 0 Å². The molecule has 0 spiro atoms. The van der Waals surface area contributed by atoms with E-state index in [-0.39, 0.29) is 17.8 Å². The summed E-state index contributed by atoms with van der Waals surface area (Å²) in [6.07, 6.45) is -5.17. The Morgan fingerprint density at radius 2 is 1.96 bits per heavy atom. The summed E-state index contributed by atoms with van der Waals surface area (Å²) in [5.74, 6) is -1.88. The standard InChI is InChI=1S/C15H19F3N2O3/c1-2-12(21)6-7-19-13(22)14(23)20-11-5-3-4-10(8-11)9-15(16,17)18/h3-5,8,12,21H,2,6-7,9H2,1H3,(H,19,22)(H,20,23). The molecular formula is C15H19F3N2O3. The summed E-state index contributed by atoms with van der Waals surface area (Å²) in [4.78, 5) is 23.2. The van der Waals surface area contributed by atoms with Crippen LogP contribution in [0.4, 0.5) is 18.9 Å². The quantitative estimate of drug-likeness (QED) is 0.697. The van der Waals surface area contributed by atoms with E-state index in [0.717, 1.165) is 0 Å². The molecule has 0 aliphatic carbocycles. The summed E-state index contributed by atoms with van der Waals surface area (Å²) in [5, 5.41) is 13.9. The van der Waals surface area contributed by atoms with Crippen molar-refractivity contribution >= 4 is 17.5 Å². The van der Waals surface area contributed by atoms with Crippen LogP contribution < -0.4 is 10.6 Å². The van der Waals surface area contributed by atoms with Gasteiger partial charge in [-0.15, -0.1) is 0 Å². The molecule has 1 aromatic carbocycles. The molecule has 1 rings (SSSR count). The van der Waals surface area contributed by atoms with Gasteiger partial charge in [-0.05, 0) is 30.5 Å². The predicted octanol–water partition coefficient (Wildman–Crippen LogP) is 2.01. The zero-order valence-electron chi connectivity index (χ0n) is 12.6. The Morgan fingerprint density at radius 3 is 2.57 bits per heavy atom. The van der Waals surface area contributed by atoms with Gasteiger partial charge in [-0.1, -0.05) is 19.1 Å². The van der Waals surface area contributed by atoms with Crippen LogP contribution in [0.1, 0.15) is 25.3 Å². The van der Waals surface area contributed by atoms with Gasteiger partial charge >= 0.3 is 18.0 Å². The van der Waals surface area contributed by atoms with Gasteiger partial charge in [0.05, 0.1) is 12.5 Å². The molecule has 23 heavy (non-hydrogen) atoms. The van der Waals surface area contributed by atoms with Crippen molar-refractivity contribution in [3.63, 3.8) is 0 Å². The summed E-state index contributed by atoms with van der Waals surface area (Å²) >= 11 is 0. The summed E-state index contributed by atoms with van der Waals surface area (Å²) in [6.45, 7) is 1.92. The summed E-state index contributed by atoms with van der Waals surface area (Å²) in [7, 11) is 0. The summed E-state index contributed by atoms with van der Waals surface area (Å²) in [5.41, 5.74) is 0.0993. The molecular weight excluding hydrogens is 313 g/mol. The van der Waals surface area contributed by atoms with Gasteiger partial charge in [0, 0.05) is 12.2 Å². The fraction of sp³-hybridized carbons (Fsp3) is 0.467. The molecule has 0 saturated carbocycles. The number of hydrogen-bond acceptors (Lipinski definition) is 3. The molecule has 0 heterocycles. The highest BCUT2D eigenvalue weighted by Crippen LogP contribution is 2.22. The van der Waals surface area contributed by atoms with Crippen LogP contribution in [0.25, 0.3) is 0 Å². The zero-order chi connectivity index (χ0) is 17.5. The molecule has 128 valence electrons. The number of benzene rings is 1. The van der Waals surface area contributed by atoms with E-state index in [2.05, 4.69) is 10.6 Å². The second-order valence-electron chi connectivity index (χ2n) is 5.05. The number of alkyl halides is 3. The Labute approximate surface area is 131 Å². The number of carbonyl (C=O) groups is 2. The molecule has 0 fully saturated rings. The van der Waals surface area contributed by atoms with Gasteiger partial charge in [0.15, 0.2) is 0 Å². The minimum atomic E-state index is -4.35. The van der Waals surface area contributed by atoms with E-state index in [4.69, 9.17) is 0 Å². The molecule has 1 atom stereocenters. The number of halogens is 3. The maximum atomic E-state index is 12.3. The number of carbonyl (C=O) groups excluding carboxylic acids is 2. The number of rotatable bonds is 6. The number of anilines is 1. The van der Waals surface area contributed by atoms with Crippen molar-refractivity contribution in [3.8, 4) is 0 Å². The minimum Gasteiger partial charge on any atom is -0.393 e. The normalized spacial score (nSPS) is 12.6. The molecule has 3 N–H and O–H groups in total. The Kier molecular flexibility index (Phi) is 7.02. The minimum absolute atomic E-state index is 0.0122. The second kappa shape index (κ2) is 8.52. The molecule has 2 amide bonds. The van der Waals surface area contributed by atoms with Crippen molar-refractivity contribution in [1.82, 2.24) is 5.32 Å². The van der Waals surface area contributed by atoms with Crippen LogP contribution in [-0.4, -0.2) is 35.7 Å². The lowest BCUT2D eigenvalue weighted by molar-refractivity contribution is -0.136. The van der Waals surface area contributed by atoms with Gasteiger partial charge in [0.2, 0.25) is 0 Å². The molecule has 0 aromatic heterocycles. The smallest absolute Gasteiger partial charge is 0.393 e. The van der Waals surface area contributed by atoms with Crippen LogP contribution in [0.2, 0.25) is 0 Å². The lowest BCUT2D eigenvalue weighted by Gasteiger charge is -2.10. The molecule has 0 aliphatic rings. The van der Waals surface area contributed by atoms with E-state index in [1.54, 1.807) is 6.92 Å². The van der Waals surface area contributed by atoms with E-state index in [1.807, 2.05) is 0 Å². The van der Waals surface area contributed by atoms with E-state index in [1.165, 1.54) is 24.3 Å². The van der Waals surface area contributed by atoms with Crippen molar-refractivity contribution in [2.75, 3.05) is 11.9 Å². The monoisotopic (exact) mass is 332 g/mol. The average Bonchev–Trinajstić information content (AvgIpc) is 2.45. The lowest BCUT2D eigenvalue weighted by atomic mass is 10.1. The first-order valence-electron chi connectivity index (χ1n) is 7.14. The summed E-state index contributed by atoms with van der Waals surface area (Å²) < 4.78 is 37.0. The highest BCUT2D eigenvalue weighted by Gasteiger charge is 2.27. The van der Waals surface area contributed by atoms with Gasteiger partial charge < -0.3 is 15.7 Å². The van der Waals surface area contributed by atoms with Crippen molar-refractivity contribution in [2.45, 2.75) is 38.5 Å². The number of aliphatic hydroxyl groups excluding tert-OH is 1. The molecule has 1 unspecified atom stereocenters. The SMILES string of the molecule is CCC(O)CCNC(=O)C(=O)Nc1cccc(CC(F)(F)F)c1. The fourth-order valence-electron chi connectivity index (χ4n) is 1.82. The third-order valence-corrected chi connectivity index (χ3v) is 3.03. The molecule has 0 saturated heterocycles. The number of amides is 2. The molecule has 8 heteroatoms. The fourth-order valence-corrected chi connectivity index (χ4v) is 1.82. The lowest BCUT2D eigenvalue weighted by Crippen LogP contribution is -2.36. The first-order valence-corrected chi connectivity index (χ1v) is 7.14. The van der Waals surface area contributed by atoms with Crippen LogP contribution in [0.15, 0.2) is 24.3 Å². The van der Waals surface area contributed by atoms with Crippen LogP contribution in [-0.2, 0) is 16.0 Å². The number of hydrogen-bond donors (Lipinski definition) is 3. The van der Waals surface area contributed by atoms with Gasteiger partial charge in [-0.2, -0.15) is 13.2 Å². The van der Waals surface area contributed by atoms with Crippen LogP contribution >= 0.6 is 0 Å². The Hall–Kier alpha value is -2.09. The molecule has 5 nitrogen and oxygen atoms in total. The van der Waals surface area contributed by atoms with Crippen molar-refractivity contribution in [2.24, 2.45) is 0 Å². The summed E-state index contributed by atoms with van der Waals surface area (Å²) in [6, 6.07) is 5.22.